The van der Waals surface area contributed by atoms with E-state index in [0.717, 1.165) is 4.57 Å². The maximum atomic E-state index is 11.7. The molecule has 4 atom stereocenters. The van der Waals surface area contributed by atoms with Crippen LogP contribution in [0.25, 0.3) is 0 Å². The number of hydrogen-bond acceptors (Lipinski definition) is 9. The molecule has 0 aliphatic carbocycles. The summed E-state index contributed by atoms with van der Waals surface area (Å²) in [6.45, 7) is -0.767. The molecule has 2 heterocycles. The first-order valence-electron chi connectivity index (χ1n) is 5.69. The number of nitrogens with one attached hydrogen (secondary N) is 1. The minimum Gasteiger partial charge on any atom is -0.790 e. The second kappa shape index (κ2) is 6.07. The van der Waals surface area contributed by atoms with E-state index in [9.17, 15) is 29.4 Å². The normalized spacial score (nSPS) is 29.7. The van der Waals surface area contributed by atoms with Gasteiger partial charge in [-0.15, -0.1) is 0 Å². The predicted molar refractivity (Wildman–Crippen MR) is 65.4 cm³/mol. The molecule has 118 valence electrons. The lowest BCUT2D eigenvalue weighted by Crippen LogP contribution is -2.36. The SMILES string of the molecule is O=c1[nH]c(=S)ccn1[C@@H]1O[C@H](COP(=O)([O-])[O-])[C@@H](O)[C@H]1O. The van der Waals surface area contributed by atoms with E-state index in [1.165, 1.54) is 12.3 Å². The number of hydrogen-bond donors (Lipinski definition) is 3. The van der Waals surface area contributed by atoms with Gasteiger partial charge in [0.25, 0.3) is 0 Å². The Balaban J connectivity index is 2.18. The number of nitrogens with zero attached hydrogens (tertiary/aromatic N) is 1. The first-order valence-corrected chi connectivity index (χ1v) is 7.55. The fraction of sp³-hybridized carbons (Fsp3) is 0.556. The Bertz CT molecular complexity index is 668. The number of aliphatic hydroxyl groups is 2. The van der Waals surface area contributed by atoms with Crippen LogP contribution in [0.5, 0.6) is 0 Å². The first kappa shape index (κ1) is 16.5. The molecule has 1 aromatic rings. The molecule has 10 nitrogen and oxygen atoms in total. The van der Waals surface area contributed by atoms with Gasteiger partial charge < -0.3 is 33.8 Å². The molecule has 12 heteroatoms. The molecule has 0 amide bonds. The number of aromatic amines is 1. The van der Waals surface area contributed by atoms with Crippen LogP contribution >= 0.6 is 20.0 Å². The van der Waals surface area contributed by atoms with Crippen LogP contribution < -0.4 is 15.5 Å². The molecule has 0 radical (unpaired) electrons. The fourth-order valence-corrected chi connectivity index (χ4v) is 2.37. The Kier molecular flexibility index (Phi) is 4.76. The minimum absolute atomic E-state index is 0.169. The van der Waals surface area contributed by atoms with E-state index < -0.39 is 44.7 Å². The van der Waals surface area contributed by atoms with Crippen molar-refractivity contribution in [3.05, 3.63) is 27.4 Å². The average molecular weight is 338 g/mol. The van der Waals surface area contributed by atoms with Crippen molar-refractivity contribution in [3.63, 3.8) is 0 Å². The average Bonchev–Trinajstić information content (AvgIpc) is 2.64. The second-order valence-electron chi connectivity index (χ2n) is 4.31. The molecule has 1 saturated heterocycles. The Morgan fingerprint density at radius 3 is 2.71 bits per heavy atom. The molecule has 0 bridgehead atoms. The molecule has 0 unspecified atom stereocenters. The van der Waals surface area contributed by atoms with Gasteiger partial charge in [0.05, 0.1) is 14.4 Å². The zero-order valence-corrected chi connectivity index (χ0v) is 12.0. The van der Waals surface area contributed by atoms with Gasteiger partial charge in [-0.3, -0.25) is 9.55 Å². The quantitative estimate of drug-likeness (QED) is 0.394. The van der Waals surface area contributed by atoms with E-state index in [0.29, 0.717) is 0 Å². The molecular weight excluding hydrogens is 327 g/mol. The highest BCUT2D eigenvalue weighted by atomic mass is 32.1. The third-order valence-electron chi connectivity index (χ3n) is 2.86. The van der Waals surface area contributed by atoms with Crippen molar-refractivity contribution in [2.75, 3.05) is 6.61 Å². The van der Waals surface area contributed by atoms with E-state index in [4.69, 9.17) is 17.0 Å². The van der Waals surface area contributed by atoms with Gasteiger partial charge in [0.2, 0.25) is 0 Å². The van der Waals surface area contributed by atoms with Gasteiger partial charge in [0, 0.05) is 6.20 Å². The summed E-state index contributed by atoms with van der Waals surface area (Å²) < 4.78 is 20.7. The van der Waals surface area contributed by atoms with Crippen LogP contribution in [0.3, 0.4) is 0 Å². The lowest BCUT2D eigenvalue weighted by Gasteiger charge is -2.30. The number of rotatable bonds is 4. The van der Waals surface area contributed by atoms with Crippen molar-refractivity contribution in [2.24, 2.45) is 0 Å². The minimum atomic E-state index is -5.23. The molecule has 0 saturated carbocycles. The molecule has 0 spiro atoms. The molecule has 1 aromatic heterocycles. The summed E-state index contributed by atoms with van der Waals surface area (Å²) in [5.74, 6) is 0. The van der Waals surface area contributed by atoms with E-state index in [2.05, 4.69) is 9.51 Å². The van der Waals surface area contributed by atoms with Gasteiger partial charge in [0.1, 0.15) is 23.0 Å². The fourth-order valence-electron chi connectivity index (χ4n) is 1.89. The highest BCUT2D eigenvalue weighted by molar-refractivity contribution is 7.71. The summed E-state index contributed by atoms with van der Waals surface area (Å²) in [6.07, 6.45) is -4.35. The number of H-pyrrole nitrogens is 1. The zero-order chi connectivity index (χ0) is 15.8. The summed E-state index contributed by atoms with van der Waals surface area (Å²) in [4.78, 5) is 34.8. The van der Waals surface area contributed by atoms with Crippen LogP contribution in [0.4, 0.5) is 0 Å². The number of aliphatic hydroxyl groups excluding tert-OH is 2. The van der Waals surface area contributed by atoms with Gasteiger partial charge in [-0.1, -0.05) is 12.2 Å². The second-order valence-corrected chi connectivity index (χ2v) is 5.90. The summed E-state index contributed by atoms with van der Waals surface area (Å²) in [6, 6.07) is 1.37. The van der Waals surface area contributed by atoms with Crippen molar-refractivity contribution >= 4 is 20.0 Å². The van der Waals surface area contributed by atoms with E-state index >= 15 is 0 Å². The van der Waals surface area contributed by atoms with E-state index in [1.54, 1.807) is 0 Å². The molecular formula is C9H11N2O8PS-2. The van der Waals surface area contributed by atoms with Crippen LogP contribution in [0.2, 0.25) is 0 Å². The largest absolute Gasteiger partial charge is 0.790 e. The monoisotopic (exact) mass is 338 g/mol. The maximum absolute atomic E-state index is 11.7. The highest BCUT2D eigenvalue weighted by Gasteiger charge is 2.44. The number of aromatic nitrogens is 2. The first-order chi connectivity index (χ1) is 9.69. The third-order valence-corrected chi connectivity index (χ3v) is 3.56. The Morgan fingerprint density at radius 1 is 1.48 bits per heavy atom. The molecule has 1 fully saturated rings. The molecule has 21 heavy (non-hydrogen) atoms. The van der Waals surface area contributed by atoms with Gasteiger partial charge in [-0.2, -0.15) is 0 Å². The van der Waals surface area contributed by atoms with Crippen LogP contribution in [0, 0.1) is 4.64 Å². The smallest absolute Gasteiger partial charge is 0.328 e. The van der Waals surface area contributed by atoms with Crippen LogP contribution in [0.15, 0.2) is 17.1 Å². The Hall–Kier alpha value is -0.910. The molecule has 1 aliphatic heterocycles. The molecule has 2 rings (SSSR count). The number of phosphoric acid groups is 1. The summed E-state index contributed by atoms with van der Waals surface area (Å²) in [5.41, 5.74) is -0.682. The third kappa shape index (κ3) is 3.84. The van der Waals surface area contributed by atoms with Crippen LogP contribution in [0.1, 0.15) is 6.23 Å². The van der Waals surface area contributed by atoms with Crippen molar-refractivity contribution in [3.8, 4) is 0 Å². The van der Waals surface area contributed by atoms with Crippen molar-refractivity contribution in [1.29, 1.82) is 0 Å². The Labute approximate surface area is 122 Å². The highest BCUT2D eigenvalue weighted by Crippen LogP contribution is 2.32. The standard InChI is InChI=1S/C9H13N2O8PS/c12-6-4(3-18-20(15,16)17)19-8(7(6)13)11-2-1-5(21)10-9(11)14/h1-2,4,6-8,12-13H,3H2,(H,10,14,21)(H2,15,16,17)/p-2/t4-,6-,7-,8-/m1/s1. The molecule has 1 aliphatic rings. The summed E-state index contributed by atoms with van der Waals surface area (Å²) in [7, 11) is -5.23. The topological polar surface area (TPSA) is 160 Å². The van der Waals surface area contributed by atoms with Crippen molar-refractivity contribution in [2.45, 2.75) is 24.5 Å². The van der Waals surface area contributed by atoms with Crippen LogP contribution in [-0.2, 0) is 13.8 Å². The van der Waals surface area contributed by atoms with Gasteiger partial charge in [-0.05, 0) is 6.07 Å². The summed E-state index contributed by atoms with van der Waals surface area (Å²) >= 11 is 4.75. The predicted octanol–water partition coefficient (Wildman–Crippen LogP) is -2.63. The molecule has 3 N–H and O–H groups in total. The van der Waals surface area contributed by atoms with Gasteiger partial charge in [-0.25, -0.2) is 4.79 Å². The lowest BCUT2D eigenvalue weighted by molar-refractivity contribution is -0.343. The number of phosphoric ester groups is 1. The lowest BCUT2D eigenvalue weighted by atomic mass is 10.1. The van der Waals surface area contributed by atoms with E-state index in [1.807, 2.05) is 0 Å². The molecule has 0 aromatic carbocycles. The Morgan fingerprint density at radius 2 is 2.14 bits per heavy atom. The summed E-state index contributed by atoms with van der Waals surface area (Å²) in [5, 5.41) is 19.6. The van der Waals surface area contributed by atoms with Crippen molar-refractivity contribution in [1.82, 2.24) is 9.55 Å². The van der Waals surface area contributed by atoms with E-state index in [-0.39, 0.29) is 4.64 Å². The van der Waals surface area contributed by atoms with Gasteiger partial charge in [0.15, 0.2) is 6.23 Å². The zero-order valence-electron chi connectivity index (χ0n) is 10.3. The van der Waals surface area contributed by atoms with Crippen molar-refractivity contribution < 1.29 is 33.8 Å². The maximum Gasteiger partial charge on any atom is 0.328 e. The van der Waals surface area contributed by atoms with Gasteiger partial charge >= 0.3 is 5.69 Å². The van der Waals surface area contributed by atoms with Crippen LogP contribution in [-0.4, -0.2) is 44.7 Å². The number of ether oxygens (including phenoxy) is 1.